The largest absolute Gasteiger partial charge is 0.495 e. The molecule has 1 atom stereocenters. The van der Waals surface area contributed by atoms with Crippen LogP contribution in [0.25, 0.3) is 31.7 Å². The fraction of sp³-hybridized carbons (Fsp3) is 0.154. The maximum atomic E-state index is 15.1. The van der Waals surface area contributed by atoms with Crippen LogP contribution in [-0.2, 0) is 4.74 Å². The van der Waals surface area contributed by atoms with Gasteiger partial charge in [0.05, 0.1) is 23.5 Å². The highest BCUT2D eigenvalue weighted by Crippen LogP contribution is 2.41. The average Bonchev–Trinajstić information content (AvgIpc) is 3.34. The number of hydrogen-bond acceptors (Lipinski definition) is 8. The van der Waals surface area contributed by atoms with Crippen molar-refractivity contribution >= 4 is 67.4 Å². The van der Waals surface area contributed by atoms with Gasteiger partial charge >= 0.3 is 6.09 Å². The molecule has 0 bridgehead atoms. The van der Waals surface area contributed by atoms with Crippen molar-refractivity contribution < 1.29 is 23.4 Å². The number of anilines is 1. The zero-order valence-electron chi connectivity index (χ0n) is 20.0. The third-order valence-electron chi connectivity index (χ3n) is 5.43. The van der Waals surface area contributed by atoms with Crippen LogP contribution < -0.4 is 14.8 Å². The number of thiazole rings is 1. The van der Waals surface area contributed by atoms with Crippen molar-refractivity contribution in [2.75, 3.05) is 19.0 Å². The lowest BCUT2D eigenvalue weighted by atomic mass is 10.1. The van der Waals surface area contributed by atoms with Crippen molar-refractivity contribution in [3.05, 3.63) is 70.9 Å². The van der Waals surface area contributed by atoms with Gasteiger partial charge in [-0.05, 0) is 37.3 Å². The maximum Gasteiger partial charge on any atom is 0.411 e. The first kappa shape index (κ1) is 25.9. The highest BCUT2D eigenvalue weighted by atomic mass is 35.5. The van der Waals surface area contributed by atoms with Crippen LogP contribution in [0.5, 0.6) is 11.5 Å². The highest BCUT2D eigenvalue weighted by Gasteiger charge is 2.21. The minimum Gasteiger partial charge on any atom is -0.495 e. The maximum absolute atomic E-state index is 15.1. The van der Waals surface area contributed by atoms with Crippen LogP contribution in [0.4, 0.5) is 14.9 Å². The third-order valence-corrected chi connectivity index (χ3v) is 7.02. The topological polar surface area (TPSA) is 95.5 Å². The van der Waals surface area contributed by atoms with Gasteiger partial charge < -0.3 is 14.2 Å². The van der Waals surface area contributed by atoms with Crippen molar-refractivity contribution in [2.24, 2.45) is 0 Å². The Bertz CT molecular complexity index is 1650. The number of pyridine rings is 2. The number of nitrogens with one attached hydrogen (secondary N) is 1. The summed E-state index contributed by atoms with van der Waals surface area (Å²) < 4.78 is 31.9. The summed E-state index contributed by atoms with van der Waals surface area (Å²) in [6.07, 6.45) is 3.35. The number of halogens is 3. The van der Waals surface area contributed by atoms with E-state index in [4.69, 9.17) is 37.4 Å². The predicted molar refractivity (Wildman–Crippen MR) is 146 cm³/mol. The zero-order valence-corrected chi connectivity index (χ0v) is 22.3. The van der Waals surface area contributed by atoms with E-state index in [1.807, 2.05) is 6.07 Å². The van der Waals surface area contributed by atoms with Crippen LogP contribution in [0.3, 0.4) is 0 Å². The third kappa shape index (κ3) is 5.42. The lowest BCUT2D eigenvalue weighted by Gasteiger charge is -2.16. The summed E-state index contributed by atoms with van der Waals surface area (Å²) in [6, 6.07) is 10.1. The second-order valence-electron chi connectivity index (χ2n) is 8.16. The molecule has 0 aliphatic carbocycles. The molecule has 0 aliphatic heterocycles. The molecular weight excluding hydrogens is 554 g/mol. The van der Waals surface area contributed by atoms with E-state index in [1.165, 1.54) is 29.8 Å². The fourth-order valence-corrected chi connectivity index (χ4v) is 5.22. The molecule has 1 N–H and O–H groups in total. The molecule has 3 aromatic heterocycles. The van der Waals surface area contributed by atoms with Gasteiger partial charge in [-0.15, -0.1) is 11.3 Å². The van der Waals surface area contributed by atoms with E-state index in [-0.39, 0.29) is 17.4 Å². The molecule has 0 radical (unpaired) electrons. The molecule has 0 fully saturated rings. The fourth-order valence-electron chi connectivity index (χ4n) is 3.68. The molecule has 5 aromatic rings. The number of nitrogens with zero attached hydrogens (tertiary/aromatic N) is 3. The van der Waals surface area contributed by atoms with Crippen LogP contribution in [0.2, 0.25) is 10.0 Å². The van der Waals surface area contributed by atoms with Crippen molar-refractivity contribution in [1.29, 1.82) is 0 Å². The van der Waals surface area contributed by atoms with Crippen LogP contribution in [0.1, 0.15) is 6.92 Å². The van der Waals surface area contributed by atoms with Gasteiger partial charge in [0.15, 0.2) is 11.6 Å². The van der Waals surface area contributed by atoms with E-state index in [9.17, 15) is 4.79 Å². The Morgan fingerprint density at radius 2 is 1.95 bits per heavy atom. The van der Waals surface area contributed by atoms with Gasteiger partial charge in [-0.25, -0.2) is 14.2 Å². The monoisotopic (exact) mass is 572 g/mol. The summed E-state index contributed by atoms with van der Waals surface area (Å²) in [5.41, 5.74) is 2.17. The Kier molecular flexibility index (Phi) is 7.46. The lowest BCUT2D eigenvalue weighted by molar-refractivity contribution is 0.0969. The molecule has 1 amide bonds. The quantitative estimate of drug-likeness (QED) is 0.217. The number of benzene rings is 2. The summed E-state index contributed by atoms with van der Waals surface area (Å²) >= 11 is 14.0. The number of hydrogen-bond donors (Lipinski definition) is 1. The van der Waals surface area contributed by atoms with E-state index >= 15 is 4.39 Å². The van der Waals surface area contributed by atoms with Crippen LogP contribution in [-0.4, -0.2) is 40.9 Å². The average molecular weight is 573 g/mol. The molecule has 5 rings (SSSR count). The SMILES string of the molecule is COc1cnc2c(-c3nc4c(Cl)c(F)c(O[C@@H](C)COC(=O)Nc5ccncc5)cc4s3)cc(Cl)cc2c1. The molecule has 12 heteroatoms. The number of ether oxygens (including phenoxy) is 3. The molecule has 8 nitrogen and oxygen atoms in total. The Morgan fingerprint density at radius 1 is 1.16 bits per heavy atom. The first-order valence-corrected chi connectivity index (χ1v) is 12.8. The molecule has 38 heavy (non-hydrogen) atoms. The summed E-state index contributed by atoms with van der Waals surface area (Å²) in [5, 5.41) is 4.22. The van der Waals surface area contributed by atoms with Crippen molar-refractivity contribution in [1.82, 2.24) is 15.0 Å². The van der Waals surface area contributed by atoms with E-state index in [0.717, 1.165) is 5.39 Å². The Hall–Kier alpha value is -3.73. The summed E-state index contributed by atoms with van der Waals surface area (Å²) in [4.78, 5) is 25.0. The standard InChI is InChI=1S/C26H19Cl2FN4O4S/c1-13(12-36-26(34)32-16-3-5-30-6-4-16)37-19-10-20-24(21(28)22(19)29)33-25(38-20)18-9-15(27)7-14-8-17(35-2)11-31-23(14)18/h3-11,13H,12H2,1-2H3,(H,30,32,34)/t13-/m0/s1. The molecule has 0 saturated carbocycles. The van der Waals surface area contributed by atoms with Crippen LogP contribution in [0.15, 0.2) is 55.0 Å². The smallest absolute Gasteiger partial charge is 0.411 e. The van der Waals surface area contributed by atoms with E-state index in [2.05, 4.69) is 20.3 Å². The summed E-state index contributed by atoms with van der Waals surface area (Å²) in [5.74, 6) is -0.250. The van der Waals surface area contributed by atoms with E-state index in [0.29, 0.717) is 42.8 Å². The number of amides is 1. The summed E-state index contributed by atoms with van der Waals surface area (Å²) in [6.45, 7) is 1.52. The first-order chi connectivity index (χ1) is 18.3. The lowest BCUT2D eigenvalue weighted by Crippen LogP contribution is -2.24. The van der Waals surface area contributed by atoms with Gasteiger partial charge in [0, 0.05) is 40.1 Å². The van der Waals surface area contributed by atoms with Crippen molar-refractivity contribution in [3.63, 3.8) is 0 Å². The minimum atomic E-state index is -0.761. The number of fused-ring (bicyclic) bond motifs is 2. The van der Waals surface area contributed by atoms with Gasteiger partial charge in [-0.3, -0.25) is 15.3 Å². The molecule has 0 unspecified atom stereocenters. The molecule has 0 saturated heterocycles. The molecule has 0 aliphatic rings. The normalized spacial score (nSPS) is 11.9. The molecule has 3 heterocycles. The second kappa shape index (κ2) is 10.9. The van der Waals surface area contributed by atoms with Crippen molar-refractivity contribution in [3.8, 4) is 22.1 Å². The number of aromatic nitrogens is 3. The van der Waals surface area contributed by atoms with Gasteiger partial charge in [-0.1, -0.05) is 23.2 Å². The van der Waals surface area contributed by atoms with Crippen LogP contribution in [0, 0.1) is 5.82 Å². The van der Waals surface area contributed by atoms with E-state index in [1.54, 1.807) is 44.5 Å². The second-order valence-corrected chi connectivity index (χ2v) is 10.0. The van der Waals surface area contributed by atoms with Crippen molar-refractivity contribution in [2.45, 2.75) is 13.0 Å². The number of methoxy groups -OCH3 is 1. The van der Waals surface area contributed by atoms with Crippen LogP contribution >= 0.6 is 34.5 Å². The van der Waals surface area contributed by atoms with Gasteiger partial charge in [0.2, 0.25) is 0 Å². The van der Waals surface area contributed by atoms with Gasteiger partial charge in [0.1, 0.15) is 34.0 Å². The molecular formula is C26H19Cl2FN4O4S. The van der Waals surface area contributed by atoms with Gasteiger partial charge in [0.25, 0.3) is 0 Å². The Balaban J connectivity index is 1.38. The Morgan fingerprint density at radius 3 is 2.71 bits per heavy atom. The number of carbonyl (C=O) groups excluding carboxylic acids is 1. The highest BCUT2D eigenvalue weighted by molar-refractivity contribution is 7.21. The first-order valence-electron chi connectivity index (χ1n) is 11.2. The predicted octanol–water partition coefficient (Wildman–Crippen LogP) is 7.38. The molecule has 2 aromatic carbocycles. The molecule has 0 spiro atoms. The zero-order chi connectivity index (χ0) is 26.8. The summed E-state index contributed by atoms with van der Waals surface area (Å²) in [7, 11) is 1.56. The number of carbonyl (C=O) groups is 1. The molecule has 194 valence electrons. The van der Waals surface area contributed by atoms with Gasteiger partial charge in [-0.2, -0.15) is 0 Å². The minimum absolute atomic E-state index is 0.0813. The Labute approximate surface area is 230 Å². The number of rotatable bonds is 7. The van der Waals surface area contributed by atoms with E-state index < -0.39 is 18.0 Å².